The Hall–Kier alpha value is -0.870. The Morgan fingerprint density at radius 3 is 2.80 bits per heavy atom. The summed E-state index contributed by atoms with van der Waals surface area (Å²) >= 11 is 1.74. The van der Waals surface area contributed by atoms with Crippen LogP contribution in [-0.2, 0) is 4.79 Å². The largest absolute Gasteiger partial charge is 0.318 e. The number of hydrogen-bond acceptors (Lipinski definition) is 3. The second-order valence-corrected chi connectivity index (χ2v) is 7.01. The third kappa shape index (κ3) is 2.63. The molecule has 20 heavy (non-hydrogen) atoms. The van der Waals surface area contributed by atoms with Crippen LogP contribution in [0, 0.1) is 5.92 Å². The number of amides is 1. The van der Waals surface area contributed by atoms with E-state index in [1.54, 1.807) is 11.3 Å². The number of carbonyl (C=O) groups excluding carboxylic acids is 1. The van der Waals surface area contributed by atoms with E-state index in [1.807, 2.05) is 0 Å². The topological polar surface area (TPSA) is 32.3 Å². The van der Waals surface area contributed by atoms with Crippen LogP contribution >= 0.6 is 11.3 Å². The zero-order valence-electron chi connectivity index (χ0n) is 12.3. The van der Waals surface area contributed by atoms with Gasteiger partial charge in [0.05, 0.1) is 6.04 Å². The third-order valence-electron chi connectivity index (χ3n) is 4.58. The lowest BCUT2D eigenvalue weighted by molar-refractivity contribution is -0.132. The third-order valence-corrected chi connectivity index (χ3v) is 5.50. The fraction of sp³-hybridized carbons (Fsp3) is 0.688. The molecule has 4 heteroatoms. The van der Waals surface area contributed by atoms with Crippen molar-refractivity contribution in [2.24, 2.45) is 5.92 Å². The van der Waals surface area contributed by atoms with Gasteiger partial charge in [-0.2, -0.15) is 0 Å². The van der Waals surface area contributed by atoms with Gasteiger partial charge in [0.15, 0.2) is 0 Å². The smallest absolute Gasteiger partial charge is 0.241 e. The monoisotopic (exact) mass is 292 g/mol. The Labute approximate surface area is 125 Å². The highest BCUT2D eigenvalue weighted by Crippen LogP contribution is 2.39. The van der Waals surface area contributed by atoms with Crippen molar-refractivity contribution in [3.8, 4) is 0 Å². The molecule has 1 saturated heterocycles. The Morgan fingerprint density at radius 1 is 1.45 bits per heavy atom. The standard InChI is InChI=1S/C16H24N2OS/c1-3-12(10-11-7-8-11)18-15(14-6-5-9-20-14)17-13(4-2)16(18)19/h5-6,9,11-13,15,17H,3-4,7-8,10H2,1-2H3. The summed E-state index contributed by atoms with van der Waals surface area (Å²) in [6, 6.07) is 4.61. The molecule has 0 bridgehead atoms. The van der Waals surface area contributed by atoms with Gasteiger partial charge in [0, 0.05) is 10.9 Å². The molecule has 1 amide bonds. The van der Waals surface area contributed by atoms with Crippen LogP contribution in [0.1, 0.15) is 57.0 Å². The average Bonchev–Trinajstić information content (AvgIpc) is 2.99. The molecule has 1 saturated carbocycles. The summed E-state index contributed by atoms with van der Waals surface area (Å²) < 4.78 is 0. The average molecular weight is 292 g/mol. The lowest BCUT2D eigenvalue weighted by Crippen LogP contribution is -2.40. The minimum absolute atomic E-state index is 0.00430. The predicted octanol–water partition coefficient (Wildman–Crippen LogP) is 3.54. The molecule has 0 spiro atoms. The molecular formula is C16H24N2OS. The molecular weight excluding hydrogens is 268 g/mol. The first-order valence-electron chi connectivity index (χ1n) is 7.86. The van der Waals surface area contributed by atoms with Gasteiger partial charge in [-0.1, -0.05) is 32.8 Å². The van der Waals surface area contributed by atoms with E-state index in [4.69, 9.17) is 0 Å². The van der Waals surface area contributed by atoms with Crippen molar-refractivity contribution in [2.75, 3.05) is 0 Å². The van der Waals surface area contributed by atoms with Gasteiger partial charge in [-0.3, -0.25) is 10.1 Å². The molecule has 1 aliphatic heterocycles. The highest BCUT2D eigenvalue weighted by molar-refractivity contribution is 7.10. The van der Waals surface area contributed by atoms with Gasteiger partial charge < -0.3 is 4.90 Å². The zero-order valence-corrected chi connectivity index (χ0v) is 13.2. The first-order chi connectivity index (χ1) is 9.74. The summed E-state index contributed by atoms with van der Waals surface area (Å²) in [6.45, 7) is 4.30. The summed E-state index contributed by atoms with van der Waals surface area (Å²) in [5.74, 6) is 1.16. The Balaban J connectivity index is 1.84. The molecule has 110 valence electrons. The van der Waals surface area contributed by atoms with Crippen molar-refractivity contribution < 1.29 is 4.79 Å². The van der Waals surface area contributed by atoms with Crippen LogP contribution in [0.25, 0.3) is 0 Å². The van der Waals surface area contributed by atoms with E-state index in [0.29, 0.717) is 11.9 Å². The zero-order chi connectivity index (χ0) is 14.1. The maximum atomic E-state index is 12.7. The van der Waals surface area contributed by atoms with Crippen LogP contribution in [0.3, 0.4) is 0 Å². The molecule has 2 fully saturated rings. The lowest BCUT2D eigenvalue weighted by atomic mass is 10.0. The maximum Gasteiger partial charge on any atom is 0.241 e. The molecule has 1 aromatic rings. The second-order valence-electron chi connectivity index (χ2n) is 6.03. The molecule has 0 radical (unpaired) electrons. The van der Waals surface area contributed by atoms with Gasteiger partial charge in [-0.05, 0) is 36.6 Å². The van der Waals surface area contributed by atoms with Crippen LogP contribution in [-0.4, -0.2) is 22.9 Å². The van der Waals surface area contributed by atoms with Gasteiger partial charge in [0.25, 0.3) is 0 Å². The second kappa shape index (κ2) is 5.86. The molecule has 1 N–H and O–H groups in total. The van der Waals surface area contributed by atoms with E-state index in [1.165, 1.54) is 24.1 Å². The minimum atomic E-state index is -0.00430. The maximum absolute atomic E-state index is 12.7. The Morgan fingerprint density at radius 2 is 2.25 bits per heavy atom. The van der Waals surface area contributed by atoms with E-state index in [-0.39, 0.29) is 12.2 Å². The molecule has 0 aromatic carbocycles. The van der Waals surface area contributed by atoms with E-state index >= 15 is 0 Å². The highest BCUT2D eigenvalue weighted by atomic mass is 32.1. The quantitative estimate of drug-likeness (QED) is 0.870. The van der Waals surface area contributed by atoms with E-state index in [0.717, 1.165) is 18.8 Å². The SMILES string of the molecule is CCC1NC(c2cccs2)N(C(CC)CC2CC2)C1=O. The summed E-state index contributed by atoms with van der Waals surface area (Å²) in [4.78, 5) is 16.1. The lowest BCUT2D eigenvalue weighted by Gasteiger charge is -2.32. The van der Waals surface area contributed by atoms with Crippen molar-refractivity contribution >= 4 is 17.2 Å². The highest BCUT2D eigenvalue weighted by Gasteiger charge is 2.43. The minimum Gasteiger partial charge on any atom is -0.318 e. The Bertz CT molecular complexity index is 455. The van der Waals surface area contributed by atoms with Crippen LogP contribution in [0.4, 0.5) is 0 Å². The van der Waals surface area contributed by atoms with E-state index in [2.05, 4.69) is 41.6 Å². The van der Waals surface area contributed by atoms with Gasteiger partial charge in [0.2, 0.25) is 5.91 Å². The number of nitrogens with zero attached hydrogens (tertiary/aromatic N) is 1. The van der Waals surface area contributed by atoms with Gasteiger partial charge >= 0.3 is 0 Å². The van der Waals surface area contributed by atoms with Crippen molar-refractivity contribution in [3.63, 3.8) is 0 Å². The van der Waals surface area contributed by atoms with Crippen LogP contribution in [0.15, 0.2) is 17.5 Å². The van der Waals surface area contributed by atoms with E-state index < -0.39 is 0 Å². The van der Waals surface area contributed by atoms with Crippen molar-refractivity contribution in [1.82, 2.24) is 10.2 Å². The molecule has 2 aliphatic rings. The summed E-state index contributed by atoms with van der Waals surface area (Å²) in [7, 11) is 0. The molecule has 1 aliphatic carbocycles. The first-order valence-corrected chi connectivity index (χ1v) is 8.74. The number of thiophene rings is 1. The van der Waals surface area contributed by atoms with Gasteiger partial charge in [0.1, 0.15) is 6.17 Å². The molecule has 3 unspecified atom stereocenters. The molecule has 1 aromatic heterocycles. The fourth-order valence-corrected chi connectivity index (χ4v) is 4.00. The predicted molar refractivity (Wildman–Crippen MR) is 82.5 cm³/mol. The van der Waals surface area contributed by atoms with Gasteiger partial charge in [-0.25, -0.2) is 0 Å². The number of nitrogens with one attached hydrogen (secondary N) is 1. The van der Waals surface area contributed by atoms with Crippen LogP contribution < -0.4 is 5.32 Å². The molecule has 3 nitrogen and oxygen atoms in total. The molecule has 3 atom stereocenters. The van der Waals surface area contributed by atoms with Crippen molar-refractivity contribution in [1.29, 1.82) is 0 Å². The summed E-state index contributed by atoms with van der Waals surface area (Å²) in [6.07, 6.45) is 5.91. The number of hydrogen-bond donors (Lipinski definition) is 1. The van der Waals surface area contributed by atoms with Crippen molar-refractivity contribution in [2.45, 2.75) is 64.2 Å². The van der Waals surface area contributed by atoms with Crippen LogP contribution in [0.2, 0.25) is 0 Å². The Kier molecular flexibility index (Phi) is 4.13. The van der Waals surface area contributed by atoms with Gasteiger partial charge in [-0.15, -0.1) is 11.3 Å². The molecule has 2 heterocycles. The van der Waals surface area contributed by atoms with Crippen LogP contribution in [0.5, 0.6) is 0 Å². The number of carbonyl (C=O) groups is 1. The summed E-state index contributed by atoms with van der Waals surface area (Å²) in [5, 5.41) is 5.64. The normalized spacial score (nSPS) is 28.1. The first kappa shape index (κ1) is 14.1. The molecule has 3 rings (SSSR count). The van der Waals surface area contributed by atoms with Crippen molar-refractivity contribution in [3.05, 3.63) is 22.4 Å². The number of rotatable bonds is 6. The van der Waals surface area contributed by atoms with E-state index in [9.17, 15) is 4.79 Å². The summed E-state index contributed by atoms with van der Waals surface area (Å²) in [5.41, 5.74) is 0. The fourth-order valence-electron chi connectivity index (χ4n) is 3.21.